The average molecular weight is 167 g/mol. The van der Waals surface area contributed by atoms with E-state index in [9.17, 15) is 4.79 Å². The average Bonchev–Trinajstić information content (AvgIpc) is 2.05. The first-order valence-corrected chi connectivity index (χ1v) is 4.39. The zero-order valence-electron chi connectivity index (χ0n) is 6.20. The summed E-state index contributed by atoms with van der Waals surface area (Å²) in [4.78, 5) is 11.3. The summed E-state index contributed by atoms with van der Waals surface area (Å²) in [6, 6.07) is 5.24. The molecule has 0 atom stereocenters. The van der Waals surface area contributed by atoms with Crippen molar-refractivity contribution in [3.8, 4) is 0 Å². The van der Waals surface area contributed by atoms with Crippen molar-refractivity contribution in [2.45, 2.75) is 4.90 Å². The predicted octanol–water partition coefficient (Wildman–Crippen LogP) is 1.80. The third kappa shape index (κ3) is 1.74. The lowest BCUT2D eigenvalue weighted by atomic mass is 10.2. The van der Waals surface area contributed by atoms with Crippen molar-refractivity contribution >= 4 is 23.7 Å². The topological polar surface area (TPSA) is 43.1 Å². The summed E-state index contributed by atoms with van der Waals surface area (Å²) < 4.78 is 0. The summed E-state index contributed by atoms with van der Waals surface area (Å²) in [5.41, 5.74) is 7.01. The summed E-state index contributed by atoms with van der Waals surface area (Å²) >= 11 is 1.54. The number of hydrogen-bond acceptors (Lipinski definition) is 3. The van der Waals surface area contributed by atoms with Crippen molar-refractivity contribution in [2.75, 3.05) is 12.0 Å². The molecule has 0 aliphatic rings. The Morgan fingerprint density at radius 1 is 1.55 bits per heavy atom. The van der Waals surface area contributed by atoms with Gasteiger partial charge in [0.1, 0.15) is 6.29 Å². The Labute approximate surface area is 69.8 Å². The van der Waals surface area contributed by atoms with Crippen molar-refractivity contribution in [2.24, 2.45) is 0 Å². The van der Waals surface area contributed by atoms with Gasteiger partial charge in [-0.05, 0) is 24.5 Å². The van der Waals surface area contributed by atoms with Crippen LogP contribution in [0.1, 0.15) is 10.4 Å². The highest BCUT2D eigenvalue weighted by atomic mass is 32.2. The standard InChI is InChI=1S/C8H9NOS/c1-11-8-4-6(5-10)2-3-7(8)9/h2-5H,9H2,1H3. The molecule has 0 aromatic heterocycles. The summed E-state index contributed by atoms with van der Waals surface area (Å²) in [5.74, 6) is 0. The third-order valence-corrected chi connectivity index (χ3v) is 2.19. The van der Waals surface area contributed by atoms with E-state index in [0.29, 0.717) is 5.56 Å². The monoisotopic (exact) mass is 167 g/mol. The Kier molecular flexibility index (Phi) is 2.54. The molecule has 0 bridgehead atoms. The van der Waals surface area contributed by atoms with Crippen molar-refractivity contribution in [3.05, 3.63) is 23.8 Å². The molecule has 2 nitrogen and oxygen atoms in total. The number of thioether (sulfide) groups is 1. The minimum absolute atomic E-state index is 0.670. The molecule has 0 aliphatic carbocycles. The van der Waals surface area contributed by atoms with Gasteiger partial charge in [0.25, 0.3) is 0 Å². The fraction of sp³-hybridized carbons (Fsp3) is 0.125. The van der Waals surface area contributed by atoms with Gasteiger partial charge in [-0.25, -0.2) is 0 Å². The van der Waals surface area contributed by atoms with E-state index in [-0.39, 0.29) is 0 Å². The van der Waals surface area contributed by atoms with Crippen LogP contribution in [0.25, 0.3) is 0 Å². The number of rotatable bonds is 2. The van der Waals surface area contributed by atoms with E-state index < -0.39 is 0 Å². The molecular formula is C8H9NOS. The lowest BCUT2D eigenvalue weighted by Gasteiger charge is -2.01. The fourth-order valence-corrected chi connectivity index (χ4v) is 1.36. The van der Waals surface area contributed by atoms with Crippen molar-refractivity contribution in [3.63, 3.8) is 0 Å². The summed E-state index contributed by atoms with van der Waals surface area (Å²) in [6.45, 7) is 0. The molecule has 58 valence electrons. The van der Waals surface area contributed by atoms with Crippen molar-refractivity contribution in [1.29, 1.82) is 0 Å². The third-order valence-electron chi connectivity index (χ3n) is 1.39. The first-order chi connectivity index (χ1) is 5.27. The molecule has 0 saturated heterocycles. The molecular weight excluding hydrogens is 158 g/mol. The van der Waals surface area contributed by atoms with Gasteiger partial charge in [-0.1, -0.05) is 0 Å². The molecule has 11 heavy (non-hydrogen) atoms. The second-order valence-electron chi connectivity index (χ2n) is 2.12. The number of anilines is 1. The lowest BCUT2D eigenvalue weighted by Crippen LogP contribution is -1.89. The minimum Gasteiger partial charge on any atom is -0.398 e. The van der Waals surface area contributed by atoms with E-state index in [2.05, 4.69) is 0 Å². The summed E-state index contributed by atoms with van der Waals surface area (Å²) in [7, 11) is 0. The number of nitrogen functional groups attached to an aromatic ring is 1. The van der Waals surface area contributed by atoms with Crippen molar-refractivity contribution in [1.82, 2.24) is 0 Å². The normalized spacial score (nSPS) is 9.55. The van der Waals surface area contributed by atoms with Gasteiger partial charge in [0.2, 0.25) is 0 Å². The van der Waals surface area contributed by atoms with Crippen LogP contribution in [0.3, 0.4) is 0 Å². The SMILES string of the molecule is CSc1cc(C=O)ccc1N. The number of nitrogens with two attached hydrogens (primary N) is 1. The Balaban J connectivity index is 3.12. The predicted molar refractivity (Wildman–Crippen MR) is 48.0 cm³/mol. The molecule has 0 aliphatic heterocycles. The van der Waals surface area contributed by atoms with Gasteiger partial charge < -0.3 is 5.73 Å². The maximum Gasteiger partial charge on any atom is 0.150 e. The van der Waals surface area contributed by atoms with Crippen LogP contribution in [0.15, 0.2) is 23.1 Å². The highest BCUT2D eigenvalue weighted by molar-refractivity contribution is 7.98. The van der Waals surface area contributed by atoms with E-state index in [1.165, 1.54) is 0 Å². The summed E-state index contributed by atoms with van der Waals surface area (Å²) in [6.07, 6.45) is 2.75. The van der Waals surface area contributed by atoms with E-state index in [4.69, 9.17) is 5.73 Å². The van der Waals surface area contributed by atoms with Crippen LogP contribution < -0.4 is 5.73 Å². The number of aldehydes is 1. The molecule has 1 aromatic rings. The fourth-order valence-electron chi connectivity index (χ4n) is 0.801. The van der Waals surface area contributed by atoms with E-state index in [1.807, 2.05) is 6.26 Å². The minimum atomic E-state index is 0.670. The number of carbonyl (C=O) groups is 1. The molecule has 0 unspecified atom stereocenters. The van der Waals surface area contributed by atoms with Crippen LogP contribution in [0.4, 0.5) is 5.69 Å². The Hall–Kier alpha value is -0.960. The van der Waals surface area contributed by atoms with Crippen LogP contribution in [0, 0.1) is 0 Å². The first-order valence-electron chi connectivity index (χ1n) is 3.16. The van der Waals surface area contributed by atoms with Gasteiger partial charge in [-0.15, -0.1) is 11.8 Å². The number of carbonyl (C=O) groups excluding carboxylic acids is 1. The van der Waals surface area contributed by atoms with Gasteiger partial charge >= 0.3 is 0 Å². The second-order valence-corrected chi connectivity index (χ2v) is 2.97. The smallest absolute Gasteiger partial charge is 0.150 e. The first kappa shape index (κ1) is 8.14. The molecule has 0 fully saturated rings. The maximum atomic E-state index is 10.3. The molecule has 1 aromatic carbocycles. The van der Waals surface area contributed by atoms with E-state index in [1.54, 1.807) is 30.0 Å². The molecule has 2 N–H and O–H groups in total. The maximum absolute atomic E-state index is 10.3. The molecule has 0 heterocycles. The number of benzene rings is 1. The Morgan fingerprint density at radius 2 is 2.27 bits per heavy atom. The second kappa shape index (κ2) is 3.44. The van der Waals surface area contributed by atoms with Crippen LogP contribution in [0.2, 0.25) is 0 Å². The Bertz CT molecular complexity index is 273. The van der Waals surface area contributed by atoms with Gasteiger partial charge in [0.15, 0.2) is 0 Å². The van der Waals surface area contributed by atoms with Crippen LogP contribution in [0.5, 0.6) is 0 Å². The molecule has 0 amide bonds. The highest BCUT2D eigenvalue weighted by Crippen LogP contribution is 2.22. The Morgan fingerprint density at radius 3 is 2.82 bits per heavy atom. The highest BCUT2D eigenvalue weighted by Gasteiger charge is 1.97. The molecule has 0 spiro atoms. The van der Waals surface area contributed by atoms with Crippen LogP contribution in [-0.4, -0.2) is 12.5 Å². The van der Waals surface area contributed by atoms with Gasteiger partial charge in [0, 0.05) is 16.1 Å². The van der Waals surface area contributed by atoms with Crippen molar-refractivity contribution < 1.29 is 4.79 Å². The van der Waals surface area contributed by atoms with Gasteiger partial charge in [-0.3, -0.25) is 4.79 Å². The lowest BCUT2D eigenvalue weighted by molar-refractivity contribution is 0.112. The molecule has 0 radical (unpaired) electrons. The summed E-state index contributed by atoms with van der Waals surface area (Å²) in [5, 5.41) is 0. The quantitative estimate of drug-likeness (QED) is 0.415. The zero-order chi connectivity index (χ0) is 8.27. The van der Waals surface area contributed by atoms with Crippen LogP contribution >= 0.6 is 11.8 Å². The molecule has 0 saturated carbocycles. The largest absolute Gasteiger partial charge is 0.398 e. The molecule has 3 heteroatoms. The van der Waals surface area contributed by atoms with E-state index in [0.717, 1.165) is 16.9 Å². The number of hydrogen-bond donors (Lipinski definition) is 1. The zero-order valence-corrected chi connectivity index (χ0v) is 7.02. The van der Waals surface area contributed by atoms with E-state index >= 15 is 0 Å². The van der Waals surface area contributed by atoms with Gasteiger partial charge in [-0.2, -0.15) is 0 Å². The molecule has 1 rings (SSSR count). The van der Waals surface area contributed by atoms with Gasteiger partial charge in [0.05, 0.1) is 0 Å². The van der Waals surface area contributed by atoms with Crippen LogP contribution in [-0.2, 0) is 0 Å².